The molecule has 0 fully saturated rings. The van der Waals surface area contributed by atoms with Gasteiger partial charge in [0.2, 0.25) is 0 Å². The number of pyridine rings is 1. The van der Waals surface area contributed by atoms with Gasteiger partial charge in [-0.05, 0) is 24.3 Å². The number of carbonyl (C=O) groups excluding carboxylic acids is 1. The van der Waals surface area contributed by atoms with Gasteiger partial charge in [-0.1, -0.05) is 18.2 Å². The normalized spacial score (nSPS) is 9.94. The highest BCUT2D eigenvalue weighted by molar-refractivity contribution is 5.94. The summed E-state index contributed by atoms with van der Waals surface area (Å²) in [6.45, 7) is 0.0837. The number of aromatic nitrogens is 1. The number of halogens is 1. The second kappa shape index (κ2) is 5.21. The fourth-order valence-corrected chi connectivity index (χ4v) is 1.40. The number of benzene rings is 1. The molecule has 2 rings (SSSR count). The molecule has 1 N–H and O–H groups in total. The molecule has 1 aromatic heterocycles. The maximum Gasteiger partial charge on any atom is 0.251 e. The zero-order valence-electron chi connectivity index (χ0n) is 9.06. The van der Waals surface area contributed by atoms with Crippen LogP contribution in [-0.4, -0.2) is 10.9 Å². The Kier molecular flexibility index (Phi) is 3.45. The van der Waals surface area contributed by atoms with Crippen LogP contribution in [0.15, 0.2) is 48.7 Å². The quantitative estimate of drug-likeness (QED) is 0.877. The molecule has 86 valence electrons. The van der Waals surface area contributed by atoms with Gasteiger partial charge in [0, 0.05) is 11.8 Å². The minimum atomic E-state index is -0.416. The second-order valence-corrected chi connectivity index (χ2v) is 3.48. The first-order valence-electron chi connectivity index (χ1n) is 5.20. The van der Waals surface area contributed by atoms with E-state index in [0.29, 0.717) is 5.56 Å². The number of rotatable bonds is 3. The molecule has 0 unspecified atom stereocenters. The summed E-state index contributed by atoms with van der Waals surface area (Å²) < 4.78 is 13.2. The number of hydrogen-bond acceptors (Lipinski definition) is 2. The van der Waals surface area contributed by atoms with Crippen molar-refractivity contribution in [2.45, 2.75) is 6.54 Å². The molecular weight excluding hydrogens is 219 g/mol. The summed E-state index contributed by atoms with van der Waals surface area (Å²) in [4.78, 5) is 15.5. The molecule has 3 nitrogen and oxygen atoms in total. The Morgan fingerprint density at radius 1 is 1.18 bits per heavy atom. The van der Waals surface area contributed by atoms with Crippen molar-refractivity contribution in [2.75, 3.05) is 0 Å². The highest BCUT2D eigenvalue weighted by atomic mass is 19.1. The Bertz CT molecular complexity index is 514. The smallest absolute Gasteiger partial charge is 0.251 e. The highest BCUT2D eigenvalue weighted by Gasteiger charge is 2.06. The first-order chi connectivity index (χ1) is 8.27. The monoisotopic (exact) mass is 230 g/mol. The predicted molar refractivity (Wildman–Crippen MR) is 61.8 cm³/mol. The molecule has 0 saturated heterocycles. The molecule has 1 heterocycles. The van der Waals surface area contributed by atoms with E-state index in [4.69, 9.17) is 0 Å². The summed E-state index contributed by atoms with van der Waals surface area (Å²) in [5, 5.41) is 2.61. The molecule has 0 aliphatic rings. The Morgan fingerprint density at radius 2 is 1.94 bits per heavy atom. The summed E-state index contributed by atoms with van der Waals surface area (Å²) in [5.41, 5.74) is 0.778. The van der Waals surface area contributed by atoms with Gasteiger partial charge in [-0.2, -0.15) is 0 Å². The standard InChI is InChI=1S/C13H11FN2O/c14-11-7-4-8-15-12(11)9-16-13(17)10-5-2-1-3-6-10/h1-8H,9H2,(H,16,17). The van der Waals surface area contributed by atoms with Gasteiger partial charge in [-0.3, -0.25) is 9.78 Å². The van der Waals surface area contributed by atoms with Crippen LogP contribution in [0.3, 0.4) is 0 Å². The topological polar surface area (TPSA) is 42.0 Å². The summed E-state index contributed by atoms with van der Waals surface area (Å²) in [6.07, 6.45) is 1.49. The van der Waals surface area contributed by atoms with Gasteiger partial charge < -0.3 is 5.32 Å². The lowest BCUT2D eigenvalue weighted by Crippen LogP contribution is -2.23. The Hall–Kier alpha value is -2.23. The average Bonchev–Trinajstić information content (AvgIpc) is 2.38. The molecule has 0 spiro atoms. The number of nitrogens with one attached hydrogen (secondary N) is 1. The molecule has 4 heteroatoms. The average molecular weight is 230 g/mol. The fourth-order valence-electron chi connectivity index (χ4n) is 1.40. The first-order valence-corrected chi connectivity index (χ1v) is 5.20. The van der Waals surface area contributed by atoms with Gasteiger partial charge >= 0.3 is 0 Å². The van der Waals surface area contributed by atoms with Gasteiger partial charge in [0.25, 0.3) is 5.91 Å². The lowest BCUT2D eigenvalue weighted by Gasteiger charge is -2.05. The maximum atomic E-state index is 13.2. The van der Waals surface area contributed by atoms with Crippen LogP contribution in [0.1, 0.15) is 16.1 Å². The highest BCUT2D eigenvalue weighted by Crippen LogP contribution is 2.03. The van der Waals surface area contributed by atoms with E-state index in [9.17, 15) is 9.18 Å². The molecule has 0 aliphatic carbocycles. The van der Waals surface area contributed by atoms with Crippen LogP contribution in [0, 0.1) is 5.82 Å². The largest absolute Gasteiger partial charge is 0.346 e. The fraction of sp³-hybridized carbons (Fsp3) is 0.0769. The Balaban J connectivity index is 2.00. The first kappa shape index (κ1) is 11.3. The van der Waals surface area contributed by atoms with Gasteiger partial charge in [0.05, 0.1) is 12.2 Å². The third-order valence-electron chi connectivity index (χ3n) is 2.29. The zero-order chi connectivity index (χ0) is 12.1. The van der Waals surface area contributed by atoms with Crippen molar-refractivity contribution >= 4 is 5.91 Å². The lowest BCUT2D eigenvalue weighted by molar-refractivity contribution is 0.0950. The third-order valence-corrected chi connectivity index (χ3v) is 2.29. The number of nitrogens with zero attached hydrogens (tertiary/aromatic N) is 1. The van der Waals surface area contributed by atoms with Crippen molar-refractivity contribution in [2.24, 2.45) is 0 Å². The number of carbonyl (C=O) groups is 1. The van der Waals surface area contributed by atoms with Gasteiger partial charge in [0.15, 0.2) is 0 Å². The van der Waals surface area contributed by atoms with Crippen molar-refractivity contribution in [1.29, 1.82) is 0 Å². The van der Waals surface area contributed by atoms with Gasteiger partial charge in [-0.15, -0.1) is 0 Å². The second-order valence-electron chi connectivity index (χ2n) is 3.48. The van der Waals surface area contributed by atoms with E-state index in [1.165, 1.54) is 18.3 Å². The van der Waals surface area contributed by atoms with E-state index in [0.717, 1.165) is 0 Å². The van der Waals surface area contributed by atoms with Crippen LogP contribution < -0.4 is 5.32 Å². The minimum absolute atomic E-state index is 0.0837. The zero-order valence-corrected chi connectivity index (χ0v) is 9.06. The summed E-state index contributed by atoms with van der Waals surface area (Å²) >= 11 is 0. The van der Waals surface area contributed by atoms with Gasteiger partial charge in [0.1, 0.15) is 5.82 Å². The Labute approximate surface area is 98.3 Å². The molecule has 0 aliphatic heterocycles. The third kappa shape index (κ3) is 2.87. The molecule has 1 amide bonds. The van der Waals surface area contributed by atoms with Gasteiger partial charge in [-0.25, -0.2) is 4.39 Å². The maximum absolute atomic E-state index is 13.2. The van der Waals surface area contributed by atoms with Crippen molar-refractivity contribution in [1.82, 2.24) is 10.3 Å². The number of amides is 1. The summed E-state index contributed by atoms with van der Waals surface area (Å²) in [6, 6.07) is 11.6. The van der Waals surface area contributed by atoms with Crippen LogP contribution in [0.2, 0.25) is 0 Å². The van der Waals surface area contributed by atoms with Crippen molar-refractivity contribution in [3.63, 3.8) is 0 Å². The molecule has 2 aromatic rings. The molecule has 0 saturated carbocycles. The molecular formula is C13H11FN2O. The van der Waals surface area contributed by atoms with E-state index in [1.807, 2.05) is 6.07 Å². The van der Waals surface area contributed by atoms with Crippen molar-refractivity contribution < 1.29 is 9.18 Å². The van der Waals surface area contributed by atoms with E-state index in [2.05, 4.69) is 10.3 Å². The molecule has 0 bridgehead atoms. The molecule has 1 aromatic carbocycles. The predicted octanol–water partition coefficient (Wildman–Crippen LogP) is 2.15. The van der Waals surface area contributed by atoms with E-state index < -0.39 is 5.82 Å². The van der Waals surface area contributed by atoms with Crippen LogP contribution in [0.5, 0.6) is 0 Å². The van der Waals surface area contributed by atoms with Crippen LogP contribution >= 0.6 is 0 Å². The number of hydrogen-bond donors (Lipinski definition) is 1. The van der Waals surface area contributed by atoms with Crippen LogP contribution in [0.4, 0.5) is 4.39 Å². The van der Waals surface area contributed by atoms with E-state index in [-0.39, 0.29) is 18.1 Å². The van der Waals surface area contributed by atoms with Crippen LogP contribution in [-0.2, 0) is 6.54 Å². The summed E-state index contributed by atoms with van der Waals surface area (Å²) in [7, 11) is 0. The van der Waals surface area contributed by atoms with Crippen LogP contribution in [0.25, 0.3) is 0 Å². The van der Waals surface area contributed by atoms with E-state index in [1.54, 1.807) is 24.3 Å². The van der Waals surface area contributed by atoms with Crippen molar-refractivity contribution in [3.8, 4) is 0 Å². The molecule has 0 atom stereocenters. The van der Waals surface area contributed by atoms with E-state index >= 15 is 0 Å². The summed E-state index contributed by atoms with van der Waals surface area (Å²) in [5.74, 6) is -0.656. The SMILES string of the molecule is O=C(NCc1ncccc1F)c1ccccc1. The lowest BCUT2D eigenvalue weighted by atomic mass is 10.2. The Morgan fingerprint density at radius 3 is 2.65 bits per heavy atom. The van der Waals surface area contributed by atoms with Crippen molar-refractivity contribution in [3.05, 3.63) is 65.7 Å². The molecule has 0 radical (unpaired) electrons. The molecule has 17 heavy (non-hydrogen) atoms. The minimum Gasteiger partial charge on any atom is -0.346 e.